The van der Waals surface area contributed by atoms with Crippen molar-refractivity contribution in [3.05, 3.63) is 21.9 Å². The molecule has 0 bridgehead atoms. The Hall–Kier alpha value is -0.890. The number of ether oxygens (including phenoxy) is 1. The highest BCUT2D eigenvalue weighted by Crippen LogP contribution is 2.13. The summed E-state index contributed by atoms with van der Waals surface area (Å²) in [6.45, 7) is 3.75. The van der Waals surface area contributed by atoms with Gasteiger partial charge < -0.3 is 10.1 Å². The molecular weight excluding hydrogens is 208 g/mol. The van der Waals surface area contributed by atoms with Crippen molar-refractivity contribution in [3.63, 3.8) is 0 Å². The Bertz CT molecular complexity index is 330. The van der Waals surface area contributed by atoms with Gasteiger partial charge >= 0.3 is 0 Å². The zero-order valence-corrected chi connectivity index (χ0v) is 9.93. The van der Waals surface area contributed by atoms with Crippen molar-refractivity contribution >= 4 is 11.3 Å². The number of nitrogens with one attached hydrogen (secondary N) is 1. The minimum Gasteiger partial charge on any atom is -0.385 e. The van der Waals surface area contributed by atoms with Crippen molar-refractivity contribution in [2.75, 3.05) is 13.7 Å². The van der Waals surface area contributed by atoms with E-state index in [0.29, 0.717) is 6.04 Å². The Labute approximate surface area is 94.7 Å². The number of nitriles is 1. The molecule has 15 heavy (non-hydrogen) atoms. The molecule has 0 amide bonds. The maximum Gasteiger partial charge on any atom is 0.100 e. The van der Waals surface area contributed by atoms with E-state index in [2.05, 4.69) is 18.3 Å². The molecule has 0 saturated heterocycles. The van der Waals surface area contributed by atoms with Crippen LogP contribution in [0.5, 0.6) is 0 Å². The number of nitrogens with zero attached hydrogens (tertiary/aromatic N) is 1. The molecule has 0 saturated carbocycles. The third-order valence-electron chi connectivity index (χ3n) is 2.16. The second-order valence-corrected chi connectivity index (χ2v) is 4.47. The number of rotatable bonds is 6. The second-order valence-electron chi connectivity index (χ2n) is 3.48. The van der Waals surface area contributed by atoms with Crippen LogP contribution in [-0.2, 0) is 11.3 Å². The van der Waals surface area contributed by atoms with Gasteiger partial charge in [-0.25, -0.2) is 0 Å². The normalized spacial score (nSPS) is 12.3. The maximum atomic E-state index is 8.66. The van der Waals surface area contributed by atoms with Crippen LogP contribution in [0.3, 0.4) is 0 Å². The molecule has 1 heterocycles. The van der Waals surface area contributed by atoms with E-state index in [1.165, 1.54) is 4.88 Å². The molecule has 1 rings (SSSR count). The van der Waals surface area contributed by atoms with Crippen molar-refractivity contribution in [2.45, 2.75) is 25.9 Å². The van der Waals surface area contributed by atoms with Crippen LogP contribution in [0.4, 0.5) is 0 Å². The lowest BCUT2D eigenvalue weighted by molar-refractivity contribution is 0.185. The zero-order valence-electron chi connectivity index (χ0n) is 9.12. The predicted octanol–water partition coefficient (Wildman–Crippen LogP) is 2.13. The lowest BCUT2D eigenvalue weighted by Gasteiger charge is -2.11. The molecule has 0 radical (unpaired) electrons. The third-order valence-corrected chi connectivity index (χ3v) is 3.10. The van der Waals surface area contributed by atoms with E-state index >= 15 is 0 Å². The van der Waals surface area contributed by atoms with Gasteiger partial charge in [0.05, 0.1) is 5.56 Å². The highest BCUT2D eigenvalue weighted by molar-refractivity contribution is 7.10. The molecular formula is C11H16N2OS. The first kappa shape index (κ1) is 12.2. The van der Waals surface area contributed by atoms with Gasteiger partial charge in [-0.3, -0.25) is 0 Å². The molecule has 0 aliphatic rings. The van der Waals surface area contributed by atoms with Gasteiger partial charge in [-0.05, 0) is 19.4 Å². The highest BCUT2D eigenvalue weighted by Gasteiger charge is 2.03. The van der Waals surface area contributed by atoms with Crippen molar-refractivity contribution in [3.8, 4) is 6.07 Å². The number of hydrogen-bond donors (Lipinski definition) is 1. The molecule has 1 atom stereocenters. The van der Waals surface area contributed by atoms with E-state index in [4.69, 9.17) is 10.00 Å². The SMILES string of the molecule is COCCC(C)NCc1cc(C#N)cs1. The quantitative estimate of drug-likeness (QED) is 0.805. The highest BCUT2D eigenvalue weighted by atomic mass is 32.1. The van der Waals surface area contributed by atoms with Gasteiger partial charge in [0.2, 0.25) is 0 Å². The fourth-order valence-corrected chi connectivity index (χ4v) is 1.96. The topological polar surface area (TPSA) is 45.0 Å². The molecule has 3 nitrogen and oxygen atoms in total. The van der Waals surface area contributed by atoms with Crippen LogP contribution in [0.2, 0.25) is 0 Å². The third kappa shape index (κ3) is 4.43. The summed E-state index contributed by atoms with van der Waals surface area (Å²) in [5.41, 5.74) is 0.751. The summed E-state index contributed by atoms with van der Waals surface area (Å²) >= 11 is 1.62. The Morgan fingerprint density at radius 2 is 2.47 bits per heavy atom. The molecule has 0 aromatic carbocycles. The molecule has 0 spiro atoms. The van der Waals surface area contributed by atoms with E-state index < -0.39 is 0 Å². The molecule has 1 unspecified atom stereocenters. The largest absolute Gasteiger partial charge is 0.385 e. The van der Waals surface area contributed by atoms with Gasteiger partial charge in [0.25, 0.3) is 0 Å². The molecule has 0 aliphatic heterocycles. The first-order chi connectivity index (χ1) is 7.26. The molecule has 0 fully saturated rings. The van der Waals surface area contributed by atoms with Crippen LogP contribution in [-0.4, -0.2) is 19.8 Å². The van der Waals surface area contributed by atoms with Crippen LogP contribution in [0.1, 0.15) is 23.8 Å². The number of hydrogen-bond acceptors (Lipinski definition) is 4. The second kappa shape index (κ2) is 6.57. The molecule has 1 N–H and O–H groups in total. The van der Waals surface area contributed by atoms with Gasteiger partial charge in [0.1, 0.15) is 6.07 Å². The fraction of sp³-hybridized carbons (Fsp3) is 0.545. The van der Waals surface area contributed by atoms with Crippen molar-refractivity contribution in [1.29, 1.82) is 5.26 Å². The molecule has 0 aliphatic carbocycles. The lowest BCUT2D eigenvalue weighted by Crippen LogP contribution is -2.26. The van der Waals surface area contributed by atoms with Gasteiger partial charge in [-0.15, -0.1) is 11.3 Å². The summed E-state index contributed by atoms with van der Waals surface area (Å²) in [4.78, 5) is 1.20. The molecule has 1 aromatic heterocycles. The van der Waals surface area contributed by atoms with Crippen molar-refractivity contribution in [1.82, 2.24) is 5.32 Å². The van der Waals surface area contributed by atoms with Crippen LogP contribution in [0.15, 0.2) is 11.4 Å². The minimum absolute atomic E-state index is 0.442. The van der Waals surface area contributed by atoms with Crippen LogP contribution in [0.25, 0.3) is 0 Å². The molecule has 82 valence electrons. The average Bonchev–Trinajstić information content (AvgIpc) is 2.71. The van der Waals surface area contributed by atoms with Crippen LogP contribution < -0.4 is 5.32 Å². The Balaban J connectivity index is 2.27. The van der Waals surface area contributed by atoms with Crippen molar-refractivity contribution < 1.29 is 4.74 Å². The van der Waals surface area contributed by atoms with Gasteiger partial charge in [-0.2, -0.15) is 5.26 Å². The van der Waals surface area contributed by atoms with E-state index in [1.807, 2.05) is 11.4 Å². The summed E-state index contributed by atoms with van der Waals surface area (Å²) in [6, 6.07) is 4.51. The monoisotopic (exact) mass is 224 g/mol. The average molecular weight is 224 g/mol. The van der Waals surface area contributed by atoms with Crippen molar-refractivity contribution in [2.24, 2.45) is 0 Å². The molecule has 1 aromatic rings. The Morgan fingerprint density at radius 3 is 3.07 bits per heavy atom. The Kier molecular flexibility index (Phi) is 5.33. The minimum atomic E-state index is 0.442. The summed E-state index contributed by atoms with van der Waals surface area (Å²) in [5.74, 6) is 0. The zero-order chi connectivity index (χ0) is 11.1. The van der Waals surface area contributed by atoms with Gasteiger partial charge in [-0.1, -0.05) is 0 Å². The first-order valence-corrected chi connectivity index (χ1v) is 5.84. The van der Waals surface area contributed by atoms with E-state index in [9.17, 15) is 0 Å². The van der Waals surface area contributed by atoms with Crippen LogP contribution >= 0.6 is 11.3 Å². The summed E-state index contributed by atoms with van der Waals surface area (Å²) < 4.78 is 5.01. The Morgan fingerprint density at radius 1 is 1.67 bits per heavy atom. The van der Waals surface area contributed by atoms with Crippen LogP contribution in [0, 0.1) is 11.3 Å². The van der Waals surface area contributed by atoms with E-state index in [1.54, 1.807) is 18.4 Å². The van der Waals surface area contributed by atoms with E-state index in [-0.39, 0.29) is 0 Å². The predicted molar refractivity (Wildman–Crippen MR) is 61.8 cm³/mol. The van der Waals surface area contributed by atoms with Gasteiger partial charge in [0.15, 0.2) is 0 Å². The standard InChI is InChI=1S/C11H16N2OS/c1-9(3-4-14-2)13-7-11-5-10(6-12)8-15-11/h5,8-9,13H,3-4,7H2,1-2H3. The lowest BCUT2D eigenvalue weighted by atomic mass is 10.2. The summed E-state index contributed by atoms with van der Waals surface area (Å²) in [6.07, 6.45) is 1.01. The maximum absolute atomic E-state index is 8.66. The summed E-state index contributed by atoms with van der Waals surface area (Å²) in [7, 11) is 1.71. The first-order valence-electron chi connectivity index (χ1n) is 4.96. The number of thiophene rings is 1. The smallest absolute Gasteiger partial charge is 0.100 e. The summed E-state index contributed by atoms with van der Waals surface area (Å²) in [5, 5.41) is 13.9. The molecule has 4 heteroatoms. The van der Waals surface area contributed by atoms with Gasteiger partial charge in [0, 0.05) is 36.6 Å². The van der Waals surface area contributed by atoms with E-state index in [0.717, 1.165) is 25.1 Å². The number of methoxy groups -OCH3 is 1. The fourth-order valence-electron chi connectivity index (χ4n) is 1.20.